The van der Waals surface area contributed by atoms with E-state index in [9.17, 15) is 14.2 Å². The maximum Gasteiger partial charge on any atom is 0.420 e. The number of nitrogens with zero attached hydrogens (tertiary/aromatic N) is 1. The maximum absolute atomic E-state index is 12.2. The summed E-state index contributed by atoms with van der Waals surface area (Å²) in [6, 6.07) is -0.687. The first-order valence-corrected chi connectivity index (χ1v) is 8.85. The Morgan fingerprint density at radius 1 is 1.39 bits per heavy atom. The molecule has 1 aliphatic heterocycles. The summed E-state index contributed by atoms with van der Waals surface area (Å²) in [6.45, 7) is 8.67. The fraction of sp³-hybridized carbons (Fsp3) is 0.714. The van der Waals surface area contributed by atoms with Gasteiger partial charge in [-0.25, -0.2) is 14.5 Å². The Hall–Kier alpha value is -1.37. The maximum atomic E-state index is 12.2. The van der Waals surface area contributed by atoms with Crippen LogP contribution in [0.4, 0.5) is 9.59 Å². The van der Waals surface area contributed by atoms with Crippen LogP contribution < -0.4 is 0 Å². The third kappa shape index (κ3) is 5.06. The summed E-state index contributed by atoms with van der Waals surface area (Å²) in [5, 5.41) is 0. The molecule has 0 N–H and O–H groups in total. The highest BCUT2D eigenvalue weighted by Crippen LogP contribution is 2.47. The van der Waals surface area contributed by atoms with Gasteiger partial charge in [-0.05, 0) is 33.3 Å². The number of ether oxygens (including phenoxy) is 2. The van der Waals surface area contributed by atoms with Crippen LogP contribution in [0.1, 0.15) is 27.2 Å². The molecule has 1 fully saturated rings. The second kappa shape index (κ2) is 7.47. The molecular formula is C14H24NO7P. The van der Waals surface area contributed by atoms with Crippen LogP contribution >= 0.6 is 7.60 Å². The van der Waals surface area contributed by atoms with Crippen LogP contribution in [0.25, 0.3) is 0 Å². The van der Waals surface area contributed by atoms with E-state index in [2.05, 4.69) is 6.58 Å². The standard InChI is InChI=1S/C14H24NO7P/c1-7-11-10(8-9-23(18,19-5)20-6)15(12(16)21-11)13(17)22-14(2,3)4/h7,10-11H,1,8-9H2,2-6H3/t10-,11?/m0/s1. The van der Waals surface area contributed by atoms with E-state index in [1.54, 1.807) is 20.8 Å². The van der Waals surface area contributed by atoms with Crippen molar-refractivity contribution in [1.82, 2.24) is 4.90 Å². The van der Waals surface area contributed by atoms with Gasteiger partial charge in [0.2, 0.25) is 0 Å². The SMILES string of the molecule is C=CC1OC(=O)N(C(=O)OC(C)(C)C)[C@H]1CCP(=O)(OC)OC. The monoisotopic (exact) mass is 349 g/mol. The zero-order valence-corrected chi connectivity index (χ0v) is 15.0. The van der Waals surface area contributed by atoms with E-state index in [1.165, 1.54) is 20.3 Å². The number of rotatable bonds is 6. The molecule has 0 aromatic rings. The molecule has 2 amide bonds. The van der Waals surface area contributed by atoms with E-state index >= 15 is 0 Å². The molecule has 132 valence electrons. The average molecular weight is 349 g/mol. The Labute approximate surface area is 136 Å². The number of carbonyl (C=O) groups is 2. The zero-order chi connectivity index (χ0) is 17.8. The Morgan fingerprint density at radius 2 is 1.96 bits per heavy atom. The van der Waals surface area contributed by atoms with Crippen molar-refractivity contribution >= 4 is 19.8 Å². The van der Waals surface area contributed by atoms with Crippen molar-refractivity contribution in [1.29, 1.82) is 0 Å². The van der Waals surface area contributed by atoms with E-state index in [4.69, 9.17) is 18.5 Å². The van der Waals surface area contributed by atoms with Crippen LogP contribution in [0, 0.1) is 0 Å². The molecule has 9 heteroatoms. The molecule has 1 heterocycles. The van der Waals surface area contributed by atoms with Crippen molar-refractivity contribution in [2.45, 2.75) is 44.9 Å². The van der Waals surface area contributed by atoms with Gasteiger partial charge in [-0.1, -0.05) is 6.58 Å². The van der Waals surface area contributed by atoms with Gasteiger partial charge in [-0.3, -0.25) is 4.57 Å². The Morgan fingerprint density at radius 3 is 2.39 bits per heavy atom. The van der Waals surface area contributed by atoms with Crippen molar-refractivity contribution in [3.8, 4) is 0 Å². The second-order valence-electron chi connectivity index (χ2n) is 5.99. The largest absolute Gasteiger partial charge is 0.443 e. The van der Waals surface area contributed by atoms with Crippen LogP contribution in [-0.4, -0.2) is 55.2 Å². The summed E-state index contributed by atoms with van der Waals surface area (Å²) in [5.74, 6) is 0. The van der Waals surface area contributed by atoms with E-state index in [0.29, 0.717) is 0 Å². The van der Waals surface area contributed by atoms with Crippen molar-refractivity contribution in [2.24, 2.45) is 0 Å². The number of carbonyl (C=O) groups excluding carboxylic acids is 2. The lowest BCUT2D eigenvalue weighted by molar-refractivity contribution is 0.0286. The molecule has 0 aromatic carbocycles. The Kier molecular flexibility index (Phi) is 6.39. The quantitative estimate of drug-likeness (QED) is 0.537. The predicted octanol–water partition coefficient (Wildman–Crippen LogP) is 3.17. The van der Waals surface area contributed by atoms with Crippen LogP contribution in [0.2, 0.25) is 0 Å². The summed E-state index contributed by atoms with van der Waals surface area (Å²) in [7, 11) is -0.718. The molecule has 1 unspecified atom stereocenters. The molecule has 0 radical (unpaired) electrons. The molecule has 1 saturated heterocycles. The van der Waals surface area contributed by atoms with Gasteiger partial charge >= 0.3 is 19.8 Å². The molecule has 0 spiro atoms. The fourth-order valence-corrected chi connectivity index (χ4v) is 3.20. The van der Waals surface area contributed by atoms with Crippen molar-refractivity contribution in [3.63, 3.8) is 0 Å². The molecule has 0 saturated carbocycles. The lowest BCUT2D eigenvalue weighted by Crippen LogP contribution is -2.44. The van der Waals surface area contributed by atoms with Crippen LogP contribution in [0.15, 0.2) is 12.7 Å². The fourth-order valence-electron chi connectivity index (χ4n) is 2.10. The topological polar surface area (TPSA) is 91.4 Å². The van der Waals surface area contributed by atoms with Gasteiger partial charge in [0, 0.05) is 14.2 Å². The summed E-state index contributed by atoms with van der Waals surface area (Å²) in [5.41, 5.74) is -0.761. The van der Waals surface area contributed by atoms with Gasteiger partial charge in [0.25, 0.3) is 0 Å². The summed E-state index contributed by atoms with van der Waals surface area (Å²) < 4.78 is 32.2. The number of imide groups is 1. The smallest absolute Gasteiger partial charge is 0.420 e. The van der Waals surface area contributed by atoms with Gasteiger partial charge in [0.1, 0.15) is 11.7 Å². The minimum absolute atomic E-state index is 0.0188. The minimum Gasteiger partial charge on any atom is -0.443 e. The van der Waals surface area contributed by atoms with Crippen molar-refractivity contribution in [3.05, 3.63) is 12.7 Å². The van der Waals surface area contributed by atoms with Gasteiger partial charge in [0.15, 0.2) is 0 Å². The Bertz CT molecular complexity index is 506. The Balaban J connectivity index is 2.93. The molecule has 0 aromatic heterocycles. The van der Waals surface area contributed by atoms with Gasteiger partial charge < -0.3 is 18.5 Å². The van der Waals surface area contributed by atoms with Crippen LogP contribution in [0.5, 0.6) is 0 Å². The van der Waals surface area contributed by atoms with E-state index in [-0.39, 0.29) is 12.6 Å². The van der Waals surface area contributed by atoms with E-state index in [0.717, 1.165) is 4.90 Å². The van der Waals surface area contributed by atoms with Gasteiger partial charge in [0.05, 0.1) is 12.2 Å². The normalized spacial score (nSPS) is 22.0. The molecule has 2 atom stereocenters. The highest BCUT2D eigenvalue weighted by atomic mass is 31.2. The first-order chi connectivity index (χ1) is 10.6. The molecule has 23 heavy (non-hydrogen) atoms. The lowest BCUT2D eigenvalue weighted by atomic mass is 10.1. The second-order valence-corrected chi connectivity index (χ2v) is 8.39. The predicted molar refractivity (Wildman–Crippen MR) is 83.4 cm³/mol. The van der Waals surface area contributed by atoms with Crippen LogP contribution in [-0.2, 0) is 23.1 Å². The summed E-state index contributed by atoms with van der Waals surface area (Å²) >= 11 is 0. The third-order valence-electron chi connectivity index (χ3n) is 3.22. The highest BCUT2D eigenvalue weighted by molar-refractivity contribution is 7.53. The van der Waals surface area contributed by atoms with Gasteiger partial charge in [-0.2, -0.15) is 0 Å². The lowest BCUT2D eigenvalue weighted by Gasteiger charge is -2.26. The molecule has 0 aliphatic carbocycles. The van der Waals surface area contributed by atoms with Crippen molar-refractivity contribution in [2.75, 3.05) is 20.4 Å². The number of hydrogen-bond acceptors (Lipinski definition) is 7. The number of amides is 2. The first kappa shape index (κ1) is 19.7. The molecule has 8 nitrogen and oxygen atoms in total. The first-order valence-electron chi connectivity index (χ1n) is 7.13. The van der Waals surface area contributed by atoms with Gasteiger partial charge in [-0.15, -0.1) is 0 Å². The summed E-state index contributed by atoms with van der Waals surface area (Å²) in [4.78, 5) is 25.1. The minimum atomic E-state index is -3.27. The molecule has 1 rings (SSSR count). The average Bonchev–Trinajstić information content (AvgIpc) is 2.79. The summed E-state index contributed by atoms with van der Waals surface area (Å²) in [6.07, 6.45) is -0.749. The number of hydrogen-bond donors (Lipinski definition) is 0. The van der Waals surface area contributed by atoms with Crippen LogP contribution in [0.3, 0.4) is 0 Å². The highest BCUT2D eigenvalue weighted by Gasteiger charge is 2.46. The van der Waals surface area contributed by atoms with Crippen molar-refractivity contribution < 1.29 is 32.7 Å². The molecule has 1 aliphatic rings. The molecular weight excluding hydrogens is 325 g/mol. The number of cyclic esters (lactones) is 1. The van der Waals surface area contributed by atoms with E-state index < -0.39 is 37.5 Å². The zero-order valence-electron chi connectivity index (χ0n) is 14.1. The third-order valence-corrected chi connectivity index (χ3v) is 5.14. The molecule has 0 bridgehead atoms. The van der Waals surface area contributed by atoms with E-state index in [1.807, 2.05) is 0 Å².